The number of amides is 2. The molecule has 0 aliphatic carbocycles. The average molecular weight is 390 g/mol. The summed E-state index contributed by atoms with van der Waals surface area (Å²) < 4.78 is 10.8. The molecule has 2 rings (SSSR count). The summed E-state index contributed by atoms with van der Waals surface area (Å²) in [7, 11) is 0. The molecule has 1 aliphatic heterocycles. The van der Waals surface area contributed by atoms with Gasteiger partial charge in [-0.15, -0.1) is 0 Å². The summed E-state index contributed by atoms with van der Waals surface area (Å²) in [5, 5.41) is 2.71. The molecule has 1 aromatic carbocycles. The topological polar surface area (TPSA) is 84.9 Å². The van der Waals surface area contributed by atoms with E-state index in [2.05, 4.69) is 19.2 Å². The van der Waals surface area contributed by atoms with Crippen molar-refractivity contribution < 1.29 is 23.9 Å². The number of carbonyl (C=O) groups is 3. The maximum atomic E-state index is 13.0. The lowest BCUT2D eigenvalue weighted by molar-refractivity contribution is -0.147. The van der Waals surface area contributed by atoms with Crippen LogP contribution in [0.3, 0.4) is 0 Å². The second-order valence-corrected chi connectivity index (χ2v) is 7.29. The van der Waals surface area contributed by atoms with Crippen LogP contribution in [0.4, 0.5) is 0 Å². The Morgan fingerprint density at radius 3 is 2.79 bits per heavy atom. The largest absolute Gasteiger partial charge is 0.494 e. The number of esters is 1. The maximum absolute atomic E-state index is 13.0. The molecule has 1 N–H and O–H groups in total. The minimum Gasteiger partial charge on any atom is -0.494 e. The van der Waals surface area contributed by atoms with Gasteiger partial charge in [-0.1, -0.05) is 26.8 Å². The van der Waals surface area contributed by atoms with Crippen LogP contribution < -0.4 is 10.1 Å². The first-order chi connectivity index (χ1) is 13.4. The molecule has 1 aliphatic rings. The normalized spacial score (nSPS) is 16.6. The number of ether oxygens (including phenoxy) is 2. The van der Waals surface area contributed by atoms with Crippen LogP contribution in [0, 0.1) is 5.92 Å². The second kappa shape index (κ2) is 10.7. The van der Waals surface area contributed by atoms with E-state index in [4.69, 9.17) is 9.47 Å². The zero-order chi connectivity index (χ0) is 20.5. The Balaban J connectivity index is 2.09. The number of hydrogen-bond donors (Lipinski definition) is 1. The zero-order valence-corrected chi connectivity index (χ0v) is 16.9. The highest BCUT2D eigenvalue weighted by molar-refractivity contribution is 5.99. The van der Waals surface area contributed by atoms with Crippen LogP contribution in [0.1, 0.15) is 50.4 Å². The van der Waals surface area contributed by atoms with Crippen LogP contribution in [0.5, 0.6) is 5.75 Å². The van der Waals surface area contributed by atoms with Crippen LogP contribution in [0.25, 0.3) is 0 Å². The van der Waals surface area contributed by atoms with Gasteiger partial charge in [-0.05, 0) is 37.0 Å². The van der Waals surface area contributed by atoms with Gasteiger partial charge in [0.2, 0.25) is 5.91 Å². The Kier molecular flexibility index (Phi) is 8.29. The van der Waals surface area contributed by atoms with Gasteiger partial charge in [-0.3, -0.25) is 14.4 Å². The molecule has 0 radical (unpaired) electrons. The van der Waals surface area contributed by atoms with Gasteiger partial charge in [0, 0.05) is 18.7 Å². The first kappa shape index (κ1) is 21.7. The molecule has 28 heavy (non-hydrogen) atoms. The molecule has 0 bridgehead atoms. The summed E-state index contributed by atoms with van der Waals surface area (Å²) in [6, 6.07) is 6.07. The van der Waals surface area contributed by atoms with Crippen LogP contribution >= 0.6 is 0 Å². The number of hydrogen-bond acceptors (Lipinski definition) is 5. The van der Waals surface area contributed by atoms with E-state index < -0.39 is 12.0 Å². The number of piperazine rings is 1. The number of carbonyl (C=O) groups excluding carboxylic acids is 3. The fourth-order valence-corrected chi connectivity index (χ4v) is 2.89. The molecule has 154 valence electrons. The first-order valence-corrected chi connectivity index (χ1v) is 9.89. The molecule has 0 saturated carbocycles. The Morgan fingerprint density at radius 1 is 1.29 bits per heavy atom. The number of nitrogens with zero attached hydrogens (tertiary/aromatic N) is 1. The van der Waals surface area contributed by atoms with Gasteiger partial charge in [-0.2, -0.15) is 0 Å². The van der Waals surface area contributed by atoms with Crippen LogP contribution in [0.15, 0.2) is 24.3 Å². The van der Waals surface area contributed by atoms with Gasteiger partial charge in [0.05, 0.1) is 19.6 Å². The maximum Gasteiger partial charge on any atom is 0.308 e. The van der Waals surface area contributed by atoms with E-state index in [1.54, 1.807) is 24.3 Å². The molecule has 1 saturated heterocycles. The van der Waals surface area contributed by atoms with Crippen molar-refractivity contribution in [1.82, 2.24) is 10.2 Å². The van der Waals surface area contributed by atoms with Crippen molar-refractivity contribution in [3.05, 3.63) is 29.8 Å². The van der Waals surface area contributed by atoms with Crippen LogP contribution in [0.2, 0.25) is 0 Å². The van der Waals surface area contributed by atoms with Gasteiger partial charge in [0.25, 0.3) is 5.91 Å². The predicted molar refractivity (Wildman–Crippen MR) is 105 cm³/mol. The summed E-state index contributed by atoms with van der Waals surface area (Å²) in [6.07, 6.45) is 1.48. The molecular weight excluding hydrogens is 360 g/mol. The van der Waals surface area contributed by atoms with Gasteiger partial charge < -0.3 is 19.7 Å². The molecular formula is C21H30N2O5. The minimum atomic E-state index is -0.865. The highest BCUT2D eigenvalue weighted by atomic mass is 16.5. The Labute approximate surface area is 166 Å². The van der Waals surface area contributed by atoms with Crippen molar-refractivity contribution in [2.45, 2.75) is 46.1 Å². The third-order valence-electron chi connectivity index (χ3n) is 4.46. The SMILES string of the molecule is CCCOC(=O)CC1C(=O)NCCN1C(=O)c1cccc(OCCC(C)C)c1. The highest BCUT2D eigenvalue weighted by Crippen LogP contribution is 2.19. The fourth-order valence-electron chi connectivity index (χ4n) is 2.89. The van der Waals surface area contributed by atoms with E-state index in [0.29, 0.717) is 50.0 Å². The molecule has 0 aromatic heterocycles. The molecule has 2 amide bonds. The Morgan fingerprint density at radius 2 is 2.07 bits per heavy atom. The van der Waals surface area contributed by atoms with E-state index in [1.807, 2.05) is 6.92 Å². The summed E-state index contributed by atoms with van der Waals surface area (Å²) >= 11 is 0. The quantitative estimate of drug-likeness (QED) is 0.655. The molecule has 1 unspecified atom stereocenters. The molecule has 1 aromatic rings. The predicted octanol–water partition coefficient (Wildman–Crippen LogP) is 2.40. The lowest BCUT2D eigenvalue weighted by atomic mass is 10.1. The number of rotatable bonds is 9. The molecule has 1 fully saturated rings. The Bertz CT molecular complexity index is 689. The highest BCUT2D eigenvalue weighted by Gasteiger charge is 2.35. The molecule has 7 nitrogen and oxygen atoms in total. The lowest BCUT2D eigenvalue weighted by Crippen LogP contribution is -2.57. The minimum absolute atomic E-state index is 0.151. The average Bonchev–Trinajstić information content (AvgIpc) is 2.67. The second-order valence-electron chi connectivity index (χ2n) is 7.29. The smallest absolute Gasteiger partial charge is 0.308 e. The summed E-state index contributed by atoms with van der Waals surface area (Å²) in [5.41, 5.74) is 0.434. The van der Waals surface area contributed by atoms with Crippen molar-refractivity contribution in [1.29, 1.82) is 0 Å². The van der Waals surface area contributed by atoms with E-state index in [0.717, 1.165) is 6.42 Å². The third-order valence-corrected chi connectivity index (χ3v) is 4.46. The molecule has 7 heteroatoms. The van der Waals surface area contributed by atoms with E-state index >= 15 is 0 Å². The van der Waals surface area contributed by atoms with Crippen molar-refractivity contribution >= 4 is 17.8 Å². The number of benzene rings is 1. The standard InChI is InChI=1S/C21H30N2O5/c1-4-11-28-19(24)14-18-20(25)22-9-10-23(18)21(26)16-6-5-7-17(13-16)27-12-8-15(2)3/h5-7,13,15,18H,4,8-12,14H2,1-3H3,(H,22,25). The first-order valence-electron chi connectivity index (χ1n) is 9.89. The van der Waals surface area contributed by atoms with Crippen molar-refractivity contribution in [2.75, 3.05) is 26.3 Å². The van der Waals surface area contributed by atoms with E-state index in [1.165, 1.54) is 4.90 Å². The van der Waals surface area contributed by atoms with Crippen molar-refractivity contribution in [3.63, 3.8) is 0 Å². The lowest BCUT2D eigenvalue weighted by Gasteiger charge is -2.34. The van der Waals surface area contributed by atoms with Gasteiger partial charge in [0.1, 0.15) is 11.8 Å². The number of nitrogens with one attached hydrogen (secondary N) is 1. The van der Waals surface area contributed by atoms with Gasteiger partial charge in [-0.25, -0.2) is 0 Å². The van der Waals surface area contributed by atoms with E-state index in [-0.39, 0.29) is 18.2 Å². The van der Waals surface area contributed by atoms with E-state index in [9.17, 15) is 14.4 Å². The third kappa shape index (κ3) is 6.25. The monoisotopic (exact) mass is 390 g/mol. The van der Waals surface area contributed by atoms with Crippen molar-refractivity contribution in [3.8, 4) is 5.75 Å². The molecule has 1 atom stereocenters. The molecule has 0 spiro atoms. The summed E-state index contributed by atoms with van der Waals surface area (Å²) in [6.45, 7) is 7.72. The fraction of sp³-hybridized carbons (Fsp3) is 0.571. The van der Waals surface area contributed by atoms with Crippen molar-refractivity contribution in [2.24, 2.45) is 5.92 Å². The van der Waals surface area contributed by atoms with Crippen LogP contribution in [-0.4, -0.2) is 55.0 Å². The van der Waals surface area contributed by atoms with Gasteiger partial charge >= 0.3 is 5.97 Å². The zero-order valence-electron chi connectivity index (χ0n) is 16.9. The summed E-state index contributed by atoms with van der Waals surface area (Å²) in [4.78, 5) is 38.7. The van der Waals surface area contributed by atoms with Gasteiger partial charge in [0.15, 0.2) is 0 Å². The van der Waals surface area contributed by atoms with Crippen LogP contribution in [-0.2, 0) is 14.3 Å². The summed E-state index contributed by atoms with van der Waals surface area (Å²) in [5.74, 6) is 0.0408. The Hall–Kier alpha value is -2.57. The molecule has 1 heterocycles.